The normalized spacial score (nSPS) is 14.5. The average Bonchev–Trinajstić information content (AvgIpc) is 3.18. The van der Waals surface area contributed by atoms with Crippen molar-refractivity contribution < 1.29 is 9.18 Å². The number of nitrogens with one attached hydrogen (secondary N) is 1. The molecule has 0 unspecified atom stereocenters. The second kappa shape index (κ2) is 9.47. The van der Waals surface area contributed by atoms with Crippen LogP contribution in [-0.2, 0) is 6.54 Å². The van der Waals surface area contributed by atoms with Crippen LogP contribution < -0.4 is 10.2 Å². The van der Waals surface area contributed by atoms with Gasteiger partial charge in [-0.25, -0.2) is 9.37 Å². The maximum absolute atomic E-state index is 13.2. The molecule has 4 aromatic rings. The highest BCUT2D eigenvalue weighted by Crippen LogP contribution is 2.30. The van der Waals surface area contributed by atoms with Crippen LogP contribution in [0.4, 0.5) is 10.1 Å². The van der Waals surface area contributed by atoms with Crippen LogP contribution in [0.5, 0.6) is 0 Å². The van der Waals surface area contributed by atoms with E-state index in [9.17, 15) is 9.18 Å². The van der Waals surface area contributed by atoms with Crippen molar-refractivity contribution in [3.63, 3.8) is 0 Å². The predicted octanol–water partition coefficient (Wildman–Crippen LogP) is 5.75. The maximum Gasteiger partial charge on any atom is 0.270 e. The number of aromatic nitrogens is 2. The fourth-order valence-electron chi connectivity index (χ4n) is 4.71. The molecule has 0 spiro atoms. The highest BCUT2D eigenvalue weighted by molar-refractivity contribution is 6.30. The highest BCUT2D eigenvalue weighted by atomic mass is 35.5. The third-order valence-electron chi connectivity index (χ3n) is 6.56. The lowest BCUT2D eigenvalue weighted by atomic mass is 9.89. The Morgan fingerprint density at radius 3 is 2.47 bits per heavy atom. The summed E-state index contributed by atoms with van der Waals surface area (Å²) in [6, 6.07) is 18.8. The SMILES string of the molecule is Cc1nc2ccc(Cl)cn2c1C(=O)NCc1ccc(N2CCC(c3ccc(F)cc3)CC2)cc1. The van der Waals surface area contributed by atoms with E-state index in [0.717, 1.165) is 31.5 Å². The van der Waals surface area contributed by atoms with Crippen LogP contribution in [0.2, 0.25) is 5.02 Å². The topological polar surface area (TPSA) is 49.6 Å². The van der Waals surface area contributed by atoms with Crippen molar-refractivity contribution in [1.82, 2.24) is 14.7 Å². The van der Waals surface area contributed by atoms with Crippen LogP contribution in [0.25, 0.3) is 5.65 Å². The van der Waals surface area contributed by atoms with Crippen molar-refractivity contribution >= 4 is 28.8 Å². The van der Waals surface area contributed by atoms with E-state index in [-0.39, 0.29) is 11.7 Å². The Balaban J connectivity index is 1.18. The lowest BCUT2D eigenvalue weighted by Gasteiger charge is -2.34. The molecule has 0 bridgehead atoms. The number of amides is 1. The Bertz CT molecular complexity index is 1310. The number of benzene rings is 2. The maximum atomic E-state index is 13.2. The van der Waals surface area contributed by atoms with E-state index in [1.165, 1.54) is 11.3 Å². The summed E-state index contributed by atoms with van der Waals surface area (Å²) in [5.41, 5.74) is 5.29. The predicted molar refractivity (Wildman–Crippen MR) is 133 cm³/mol. The van der Waals surface area contributed by atoms with E-state index in [4.69, 9.17) is 11.6 Å². The van der Waals surface area contributed by atoms with E-state index >= 15 is 0 Å². The number of pyridine rings is 1. The van der Waals surface area contributed by atoms with Gasteiger partial charge in [-0.15, -0.1) is 0 Å². The molecule has 1 fully saturated rings. The molecule has 2 aromatic heterocycles. The van der Waals surface area contributed by atoms with Gasteiger partial charge in [0.2, 0.25) is 0 Å². The number of nitrogens with zero attached hydrogens (tertiary/aromatic N) is 3. The first-order chi connectivity index (χ1) is 16.5. The Morgan fingerprint density at radius 1 is 1.06 bits per heavy atom. The minimum atomic E-state index is -0.185. The lowest BCUT2D eigenvalue weighted by molar-refractivity contribution is 0.0944. The van der Waals surface area contributed by atoms with Gasteiger partial charge in [0.05, 0.1) is 10.7 Å². The second-order valence-corrected chi connectivity index (χ2v) is 9.22. The van der Waals surface area contributed by atoms with Crippen molar-refractivity contribution in [2.24, 2.45) is 0 Å². The summed E-state index contributed by atoms with van der Waals surface area (Å²) < 4.78 is 14.9. The molecule has 1 saturated heterocycles. The zero-order valence-corrected chi connectivity index (χ0v) is 19.7. The summed E-state index contributed by atoms with van der Waals surface area (Å²) in [6.45, 7) is 4.19. The van der Waals surface area contributed by atoms with Crippen LogP contribution in [0.1, 0.15) is 46.1 Å². The van der Waals surface area contributed by atoms with Gasteiger partial charge < -0.3 is 10.2 Å². The summed E-state index contributed by atoms with van der Waals surface area (Å²) in [5.74, 6) is 0.110. The number of fused-ring (bicyclic) bond motifs is 1. The zero-order valence-electron chi connectivity index (χ0n) is 19.0. The molecular weight excluding hydrogens is 451 g/mol. The third kappa shape index (κ3) is 4.64. The molecule has 3 heterocycles. The van der Waals surface area contributed by atoms with Crippen molar-refractivity contribution in [3.05, 3.63) is 100 Å². The largest absolute Gasteiger partial charge is 0.371 e. The van der Waals surface area contributed by atoms with Crippen LogP contribution in [-0.4, -0.2) is 28.4 Å². The fourth-order valence-corrected chi connectivity index (χ4v) is 4.87. The molecule has 1 aliphatic rings. The van der Waals surface area contributed by atoms with Gasteiger partial charge in [-0.05, 0) is 73.2 Å². The van der Waals surface area contributed by atoms with Gasteiger partial charge in [-0.2, -0.15) is 0 Å². The number of anilines is 1. The first-order valence-electron chi connectivity index (χ1n) is 11.5. The van der Waals surface area contributed by atoms with Crippen molar-refractivity contribution in [2.75, 3.05) is 18.0 Å². The average molecular weight is 477 g/mol. The molecule has 1 aliphatic heterocycles. The molecule has 5 rings (SSSR count). The molecule has 1 N–H and O–H groups in total. The first-order valence-corrected chi connectivity index (χ1v) is 11.9. The molecule has 0 radical (unpaired) electrons. The number of aryl methyl sites for hydroxylation is 1. The lowest BCUT2D eigenvalue weighted by Crippen LogP contribution is -2.32. The Morgan fingerprint density at radius 2 is 1.76 bits per heavy atom. The van der Waals surface area contributed by atoms with E-state index in [1.54, 1.807) is 34.9 Å². The Labute approximate surface area is 203 Å². The highest BCUT2D eigenvalue weighted by Gasteiger charge is 2.21. The monoisotopic (exact) mass is 476 g/mol. The Hall–Kier alpha value is -3.38. The number of hydrogen-bond donors (Lipinski definition) is 1. The number of rotatable bonds is 5. The quantitative estimate of drug-likeness (QED) is 0.399. The van der Waals surface area contributed by atoms with Gasteiger partial charge in [0.1, 0.15) is 17.2 Å². The number of imidazole rings is 1. The number of halogens is 2. The van der Waals surface area contributed by atoms with E-state index < -0.39 is 0 Å². The van der Waals surface area contributed by atoms with Gasteiger partial charge in [0, 0.05) is 31.5 Å². The summed E-state index contributed by atoms with van der Waals surface area (Å²) in [7, 11) is 0. The van der Waals surface area contributed by atoms with Gasteiger partial charge in [0.25, 0.3) is 5.91 Å². The molecule has 0 aliphatic carbocycles. The second-order valence-electron chi connectivity index (χ2n) is 8.78. The van der Waals surface area contributed by atoms with E-state index in [1.807, 2.05) is 19.1 Å². The molecule has 0 atom stereocenters. The third-order valence-corrected chi connectivity index (χ3v) is 6.79. The zero-order chi connectivity index (χ0) is 23.7. The summed E-state index contributed by atoms with van der Waals surface area (Å²) in [4.78, 5) is 19.7. The summed E-state index contributed by atoms with van der Waals surface area (Å²) >= 11 is 6.10. The standard InChI is InChI=1S/C27H26ClFN4O/c1-18-26(33-17-22(28)6-11-25(33)31-18)27(34)30-16-19-2-9-24(10-3-19)32-14-12-21(13-15-32)20-4-7-23(29)8-5-20/h2-11,17,21H,12-16H2,1H3,(H,30,34). The summed E-state index contributed by atoms with van der Waals surface area (Å²) in [5, 5.41) is 3.55. The van der Waals surface area contributed by atoms with Crippen LogP contribution >= 0.6 is 11.6 Å². The minimum absolute atomic E-state index is 0.181. The van der Waals surface area contributed by atoms with E-state index in [2.05, 4.69) is 39.5 Å². The van der Waals surface area contributed by atoms with Gasteiger partial charge >= 0.3 is 0 Å². The molecule has 2 aromatic carbocycles. The number of carbonyl (C=O) groups excluding carboxylic acids is 1. The summed E-state index contributed by atoms with van der Waals surface area (Å²) in [6.07, 6.45) is 3.80. The molecule has 0 saturated carbocycles. The van der Waals surface area contributed by atoms with Crippen molar-refractivity contribution in [3.8, 4) is 0 Å². The fraction of sp³-hybridized carbons (Fsp3) is 0.259. The smallest absolute Gasteiger partial charge is 0.270 e. The minimum Gasteiger partial charge on any atom is -0.371 e. The number of piperidine rings is 1. The van der Waals surface area contributed by atoms with Crippen molar-refractivity contribution in [2.45, 2.75) is 32.2 Å². The Kier molecular flexibility index (Phi) is 6.24. The molecule has 174 valence electrons. The molecular formula is C27H26ClFN4O. The van der Waals surface area contributed by atoms with Crippen LogP contribution in [0, 0.1) is 12.7 Å². The molecule has 5 nitrogen and oxygen atoms in total. The van der Waals surface area contributed by atoms with Gasteiger partial charge in [-0.1, -0.05) is 35.9 Å². The first kappa shape index (κ1) is 22.4. The van der Waals surface area contributed by atoms with Crippen LogP contribution in [0.3, 0.4) is 0 Å². The van der Waals surface area contributed by atoms with Gasteiger partial charge in [0.15, 0.2) is 0 Å². The molecule has 1 amide bonds. The van der Waals surface area contributed by atoms with E-state index in [0.29, 0.717) is 34.5 Å². The van der Waals surface area contributed by atoms with Crippen molar-refractivity contribution in [1.29, 1.82) is 0 Å². The van der Waals surface area contributed by atoms with Gasteiger partial charge in [-0.3, -0.25) is 9.20 Å². The molecule has 7 heteroatoms. The molecule has 34 heavy (non-hydrogen) atoms. The number of hydrogen-bond acceptors (Lipinski definition) is 3. The van der Waals surface area contributed by atoms with Crippen LogP contribution in [0.15, 0.2) is 66.9 Å². The number of carbonyl (C=O) groups is 1.